The highest BCUT2D eigenvalue weighted by Gasteiger charge is 2.31. The van der Waals surface area contributed by atoms with E-state index in [4.69, 9.17) is 4.74 Å². The number of hydrogen-bond donors (Lipinski definition) is 0. The molecule has 1 atom stereocenters. The van der Waals surface area contributed by atoms with E-state index in [1.165, 1.54) is 5.56 Å². The molecular formula is C17H26O2. The molecule has 0 amide bonds. The second-order valence-electron chi connectivity index (χ2n) is 6.64. The molecule has 0 bridgehead atoms. The summed E-state index contributed by atoms with van der Waals surface area (Å²) in [7, 11) is 1.60. The second-order valence-corrected chi connectivity index (χ2v) is 6.64. The third kappa shape index (κ3) is 4.46. The van der Waals surface area contributed by atoms with Crippen molar-refractivity contribution in [3.8, 4) is 0 Å². The number of carbonyl (C=O) groups excluding carboxylic acids is 1. The molecule has 0 saturated heterocycles. The zero-order valence-corrected chi connectivity index (χ0v) is 13.0. The van der Waals surface area contributed by atoms with E-state index in [-0.39, 0.29) is 11.2 Å². The van der Waals surface area contributed by atoms with E-state index in [1.54, 1.807) is 7.11 Å². The summed E-state index contributed by atoms with van der Waals surface area (Å²) < 4.78 is 5.40. The molecular weight excluding hydrogens is 236 g/mol. The molecule has 19 heavy (non-hydrogen) atoms. The van der Waals surface area contributed by atoms with Gasteiger partial charge in [-0.1, -0.05) is 52.8 Å². The Bertz CT molecular complexity index is 427. The summed E-state index contributed by atoms with van der Waals surface area (Å²) in [6.45, 7) is 10.4. The van der Waals surface area contributed by atoms with Gasteiger partial charge in [0.2, 0.25) is 0 Å². The van der Waals surface area contributed by atoms with Crippen LogP contribution in [0.3, 0.4) is 0 Å². The smallest absolute Gasteiger partial charge is 0.192 e. The van der Waals surface area contributed by atoms with Crippen molar-refractivity contribution < 1.29 is 9.53 Å². The van der Waals surface area contributed by atoms with E-state index in [9.17, 15) is 4.79 Å². The quantitative estimate of drug-likeness (QED) is 0.746. The molecule has 2 heteroatoms. The van der Waals surface area contributed by atoms with Gasteiger partial charge in [0.25, 0.3) is 0 Å². The Kier molecular flexibility index (Phi) is 5.30. The van der Waals surface area contributed by atoms with E-state index < -0.39 is 6.10 Å². The largest absolute Gasteiger partial charge is 0.373 e. The maximum absolute atomic E-state index is 12.5. The Labute approximate surface area is 117 Å². The molecule has 0 fully saturated rings. The molecule has 0 aliphatic rings. The summed E-state index contributed by atoms with van der Waals surface area (Å²) in [6, 6.07) is 7.92. The summed E-state index contributed by atoms with van der Waals surface area (Å²) >= 11 is 0. The van der Waals surface area contributed by atoms with Crippen LogP contribution in [0.15, 0.2) is 24.3 Å². The molecule has 0 N–H and O–H groups in total. The maximum atomic E-state index is 12.5. The average Bonchev–Trinajstić information content (AvgIpc) is 2.27. The Morgan fingerprint density at radius 1 is 1.26 bits per heavy atom. The summed E-state index contributed by atoms with van der Waals surface area (Å²) in [6.07, 6.45) is 0.593. The van der Waals surface area contributed by atoms with Crippen LogP contribution in [0, 0.1) is 11.3 Å². The topological polar surface area (TPSA) is 26.3 Å². The van der Waals surface area contributed by atoms with Crippen LogP contribution in [0.1, 0.15) is 50.5 Å². The lowest BCUT2D eigenvalue weighted by atomic mass is 9.84. The van der Waals surface area contributed by atoms with Crippen LogP contribution >= 0.6 is 0 Å². The lowest BCUT2D eigenvalue weighted by Gasteiger charge is -2.28. The molecule has 0 aliphatic heterocycles. The van der Waals surface area contributed by atoms with Gasteiger partial charge in [-0.15, -0.1) is 0 Å². The number of benzene rings is 1. The third-order valence-electron chi connectivity index (χ3n) is 3.12. The van der Waals surface area contributed by atoms with E-state index in [1.807, 2.05) is 39.0 Å². The predicted octanol–water partition coefficient (Wildman–Crippen LogP) is 4.13. The van der Waals surface area contributed by atoms with Gasteiger partial charge in [-0.25, -0.2) is 0 Å². The summed E-state index contributed by atoms with van der Waals surface area (Å²) in [4.78, 5) is 12.5. The molecule has 1 aromatic rings. The number of ketones is 1. The first-order valence-corrected chi connectivity index (χ1v) is 6.91. The molecule has 0 heterocycles. The van der Waals surface area contributed by atoms with Gasteiger partial charge in [-0.3, -0.25) is 4.79 Å². The standard InChI is InChI=1S/C17H26O2/c1-12(2)10-13-8-7-9-14(11-13)15(18)16(19-6)17(3,4)5/h7-9,11-12,16H,10H2,1-6H3. The molecule has 106 valence electrons. The molecule has 0 aromatic heterocycles. The number of methoxy groups -OCH3 is 1. The van der Waals surface area contributed by atoms with Gasteiger partial charge in [-0.05, 0) is 29.4 Å². The van der Waals surface area contributed by atoms with Crippen molar-refractivity contribution in [3.63, 3.8) is 0 Å². The van der Waals surface area contributed by atoms with Crippen molar-refractivity contribution in [2.24, 2.45) is 11.3 Å². The number of Topliss-reactive ketones (excluding diaryl/α,β-unsaturated/α-hetero) is 1. The zero-order chi connectivity index (χ0) is 14.6. The Morgan fingerprint density at radius 2 is 1.89 bits per heavy atom. The fraction of sp³-hybridized carbons (Fsp3) is 0.588. The van der Waals surface area contributed by atoms with Gasteiger partial charge in [-0.2, -0.15) is 0 Å². The highest BCUT2D eigenvalue weighted by Crippen LogP contribution is 2.25. The van der Waals surface area contributed by atoms with Crippen molar-refractivity contribution in [2.45, 2.75) is 47.1 Å². The zero-order valence-electron chi connectivity index (χ0n) is 13.0. The Balaban J connectivity index is 2.99. The fourth-order valence-corrected chi connectivity index (χ4v) is 2.33. The van der Waals surface area contributed by atoms with Gasteiger partial charge >= 0.3 is 0 Å². The molecule has 0 aliphatic carbocycles. The second kappa shape index (κ2) is 6.33. The van der Waals surface area contributed by atoms with Crippen LogP contribution in [0.2, 0.25) is 0 Å². The fourth-order valence-electron chi connectivity index (χ4n) is 2.33. The average molecular weight is 262 g/mol. The molecule has 0 radical (unpaired) electrons. The first kappa shape index (κ1) is 15.9. The third-order valence-corrected chi connectivity index (χ3v) is 3.12. The predicted molar refractivity (Wildman–Crippen MR) is 79.6 cm³/mol. The molecule has 0 spiro atoms. The van der Waals surface area contributed by atoms with Crippen LogP contribution in [-0.4, -0.2) is 19.0 Å². The van der Waals surface area contributed by atoms with Crippen LogP contribution in [0.25, 0.3) is 0 Å². The highest BCUT2D eigenvalue weighted by molar-refractivity contribution is 6.00. The van der Waals surface area contributed by atoms with E-state index in [2.05, 4.69) is 19.9 Å². The van der Waals surface area contributed by atoms with Gasteiger partial charge in [0.15, 0.2) is 5.78 Å². The first-order chi connectivity index (χ1) is 8.75. The molecule has 1 unspecified atom stereocenters. The van der Waals surface area contributed by atoms with E-state index in [0.29, 0.717) is 5.92 Å². The maximum Gasteiger partial charge on any atom is 0.192 e. The molecule has 0 saturated carbocycles. The normalized spacial score (nSPS) is 13.6. The Hall–Kier alpha value is -1.15. The summed E-state index contributed by atoms with van der Waals surface area (Å²) in [5, 5.41) is 0. The minimum atomic E-state index is -0.401. The summed E-state index contributed by atoms with van der Waals surface area (Å²) in [5.41, 5.74) is 1.77. The van der Waals surface area contributed by atoms with Gasteiger partial charge in [0, 0.05) is 12.7 Å². The van der Waals surface area contributed by atoms with Crippen molar-refractivity contribution in [1.82, 2.24) is 0 Å². The lowest BCUT2D eigenvalue weighted by Crippen LogP contribution is -2.36. The number of carbonyl (C=O) groups is 1. The number of rotatable bonds is 5. The van der Waals surface area contributed by atoms with E-state index in [0.717, 1.165) is 12.0 Å². The Morgan fingerprint density at radius 3 is 2.37 bits per heavy atom. The van der Waals surface area contributed by atoms with Crippen molar-refractivity contribution >= 4 is 5.78 Å². The molecule has 1 aromatic carbocycles. The lowest BCUT2D eigenvalue weighted by molar-refractivity contribution is 0.0196. The van der Waals surface area contributed by atoms with Gasteiger partial charge < -0.3 is 4.74 Å². The number of hydrogen-bond acceptors (Lipinski definition) is 2. The van der Waals surface area contributed by atoms with Crippen molar-refractivity contribution in [2.75, 3.05) is 7.11 Å². The minimum absolute atomic E-state index is 0.0700. The van der Waals surface area contributed by atoms with Crippen molar-refractivity contribution in [1.29, 1.82) is 0 Å². The van der Waals surface area contributed by atoms with E-state index >= 15 is 0 Å². The number of ether oxygens (including phenoxy) is 1. The van der Waals surface area contributed by atoms with Gasteiger partial charge in [0.1, 0.15) is 6.10 Å². The van der Waals surface area contributed by atoms with Crippen LogP contribution in [0.5, 0.6) is 0 Å². The van der Waals surface area contributed by atoms with Gasteiger partial charge in [0.05, 0.1) is 0 Å². The van der Waals surface area contributed by atoms with Crippen LogP contribution in [0.4, 0.5) is 0 Å². The highest BCUT2D eigenvalue weighted by atomic mass is 16.5. The monoisotopic (exact) mass is 262 g/mol. The summed E-state index contributed by atoms with van der Waals surface area (Å²) in [5.74, 6) is 0.659. The molecule has 2 nitrogen and oxygen atoms in total. The van der Waals surface area contributed by atoms with Crippen LogP contribution < -0.4 is 0 Å². The SMILES string of the molecule is COC(C(=O)c1cccc(CC(C)C)c1)C(C)(C)C. The first-order valence-electron chi connectivity index (χ1n) is 6.91. The van der Waals surface area contributed by atoms with Crippen LogP contribution in [-0.2, 0) is 11.2 Å². The molecule has 1 rings (SSSR count). The van der Waals surface area contributed by atoms with Crippen molar-refractivity contribution in [3.05, 3.63) is 35.4 Å². The minimum Gasteiger partial charge on any atom is -0.373 e.